The van der Waals surface area contributed by atoms with Crippen LogP contribution in [-0.2, 0) is 16.6 Å². The molecule has 0 aromatic heterocycles. The molecule has 0 saturated carbocycles. The summed E-state index contributed by atoms with van der Waals surface area (Å²) in [5.74, 6) is -4.14. The van der Waals surface area contributed by atoms with E-state index in [0.29, 0.717) is 21.4 Å². The lowest BCUT2D eigenvalue weighted by molar-refractivity contribution is 0.0951. The van der Waals surface area contributed by atoms with Gasteiger partial charge in [-0.15, -0.1) is 0 Å². The Morgan fingerprint density at radius 3 is 2.61 bits per heavy atom. The van der Waals surface area contributed by atoms with Crippen molar-refractivity contribution in [3.05, 3.63) is 97.6 Å². The average Bonchev–Trinajstić information content (AvgIpc) is 3.21. The lowest BCUT2D eigenvalue weighted by Crippen LogP contribution is -2.27. The molecule has 2 aliphatic heterocycles. The molecular weight excluding hydrogens is 592 g/mol. The first kappa shape index (κ1) is 23.5. The number of nitrogens with zero attached hydrogens (tertiary/aromatic N) is 1. The maximum Gasteiger partial charge on any atom is 0.264 e. The predicted octanol–water partition coefficient (Wildman–Crippen LogP) is 4.10. The van der Waals surface area contributed by atoms with Gasteiger partial charge in [0, 0.05) is 40.2 Å². The number of carbonyl (C=O) groups excluding carboxylic acids is 1. The number of sulfonamides is 1. The van der Waals surface area contributed by atoms with Crippen LogP contribution < -0.4 is 14.8 Å². The van der Waals surface area contributed by atoms with E-state index in [1.54, 1.807) is 22.6 Å². The summed E-state index contributed by atoms with van der Waals surface area (Å²) in [6.45, 7) is -0.560. The van der Waals surface area contributed by atoms with Gasteiger partial charge in [0.2, 0.25) is 0 Å². The molecule has 7 nitrogen and oxygen atoms in total. The molecule has 13 heteroatoms. The number of benzene rings is 2. The van der Waals surface area contributed by atoms with Crippen molar-refractivity contribution in [1.82, 2.24) is 14.3 Å². The fourth-order valence-corrected chi connectivity index (χ4v) is 5.53. The third-order valence-electron chi connectivity index (χ3n) is 4.60. The summed E-state index contributed by atoms with van der Waals surface area (Å²) in [5, 5.41) is 2.34. The molecule has 0 spiro atoms. The van der Waals surface area contributed by atoms with Gasteiger partial charge in [0.05, 0.1) is 29.1 Å². The maximum absolute atomic E-state index is 13.9. The van der Waals surface area contributed by atoms with Gasteiger partial charge in [-0.05, 0) is 52.9 Å². The highest BCUT2D eigenvalue weighted by atomic mass is 127. The van der Waals surface area contributed by atoms with Crippen LogP contribution in [0.5, 0.6) is 0 Å². The van der Waals surface area contributed by atoms with Crippen LogP contribution in [-0.4, -0.2) is 18.6 Å². The van der Waals surface area contributed by atoms with Crippen LogP contribution in [0, 0.1) is 21.0 Å². The summed E-state index contributed by atoms with van der Waals surface area (Å²) >= 11 is 3.15. The number of fused-ring (bicyclic) bond motifs is 1. The Kier molecular flexibility index (Phi) is 6.63. The van der Waals surface area contributed by atoms with Crippen LogP contribution >= 0.6 is 34.7 Å². The summed E-state index contributed by atoms with van der Waals surface area (Å²) in [5.41, 5.74) is -0.178. The second-order valence-electron chi connectivity index (χ2n) is 6.76. The number of rotatable bonds is 6. The van der Waals surface area contributed by atoms with Gasteiger partial charge in [-0.2, -0.15) is 0 Å². The van der Waals surface area contributed by atoms with Gasteiger partial charge >= 0.3 is 0 Å². The van der Waals surface area contributed by atoms with E-state index in [2.05, 4.69) is 14.8 Å². The van der Waals surface area contributed by atoms with E-state index in [-0.39, 0.29) is 16.2 Å². The van der Waals surface area contributed by atoms with Crippen molar-refractivity contribution >= 4 is 56.3 Å². The van der Waals surface area contributed by atoms with Crippen molar-refractivity contribution < 1.29 is 26.4 Å². The quantitative estimate of drug-likeness (QED) is 0.339. The highest BCUT2D eigenvalue weighted by molar-refractivity contribution is 14.1. The molecule has 0 fully saturated rings. The largest absolute Gasteiger partial charge is 0.348 e. The third-order valence-corrected chi connectivity index (χ3v) is 7.42. The maximum atomic E-state index is 13.9. The highest BCUT2D eigenvalue weighted by Gasteiger charge is 2.30. The van der Waals surface area contributed by atoms with E-state index in [0.717, 1.165) is 0 Å². The van der Waals surface area contributed by atoms with E-state index in [4.69, 9.17) is 0 Å². The second kappa shape index (κ2) is 9.30. The number of hydrogen-bond donors (Lipinski definition) is 3. The number of anilines is 1. The minimum absolute atomic E-state index is 0.0110. The van der Waals surface area contributed by atoms with Gasteiger partial charge in [-0.25, -0.2) is 21.6 Å². The molecule has 4 rings (SSSR count). The molecule has 1 amide bonds. The van der Waals surface area contributed by atoms with Crippen molar-refractivity contribution in [3.8, 4) is 0 Å². The zero-order valence-electron chi connectivity index (χ0n) is 16.4. The lowest BCUT2D eigenvalue weighted by Gasteiger charge is -2.21. The SMILES string of the molecule is O=C(NCc1c(F)cc(F)cc1F)c1ccc(I)cc1NS(=O)(=O)C1=CC=CN2SNC=C12. The van der Waals surface area contributed by atoms with E-state index < -0.39 is 45.5 Å². The topological polar surface area (TPSA) is 90.5 Å². The Labute approximate surface area is 205 Å². The number of carbonyl (C=O) groups is 1. The summed E-state index contributed by atoms with van der Waals surface area (Å²) in [6.07, 6.45) is 6.22. The number of nitrogens with one attached hydrogen (secondary N) is 3. The van der Waals surface area contributed by atoms with Crippen LogP contribution in [0.3, 0.4) is 0 Å². The Balaban J connectivity index is 1.59. The van der Waals surface area contributed by atoms with Crippen LogP contribution in [0.2, 0.25) is 0 Å². The minimum atomic E-state index is -4.10. The van der Waals surface area contributed by atoms with Crippen molar-refractivity contribution in [2.75, 3.05) is 4.72 Å². The number of amides is 1. The van der Waals surface area contributed by atoms with Gasteiger partial charge in [-0.1, -0.05) is 0 Å². The van der Waals surface area contributed by atoms with Gasteiger partial charge in [0.15, 0.2) is 0 Å². The molecule has 2 heterocycles. The first-order valence-electron chi connectivity index (χ1n) is 9.20. The standard InChI is InChI=1S/C20H14F3IN4O3S2/c21-11-6-15(22)14(16(23)7-11)9-25-20(29)13-4-3-12(24)8-17(13)27-33(30,31)19-2-1-5-28-18(19)10-26-32-28/h1-8,10,26-27H,9H2,(H,25,29). The Morgan fingerprint density at radius 2 is 1.88 bits per heavy atom. The monoisotopic (exact) mass is 606 g/mol. The van der Waals surface area contributed by atoms with E-state index in [9.17, 15) is 26.4 Å². The molecule has 2 aromatic rings. The summed E-state index contributed by atoms with van der Waals surface area (Å²) < 4.78 is 74.6. The van der Waals surface area contributed by atoms with Crippen molar-refractivity contribution in [1.29, 1.82) is 0 Å². The first-order valence-corrected chi connectivity index (χ1v) is 12.5. The Hall–Kier alpha value is -2.65. The first-order chi connectivity index (χ1) is 15.7. The molecule has 0 atom stereocenters. The molecule has 3 N–H and O–H groups in total. The summed E-state index contributed by atoms with van der Waals surface area (Å²) in [6, 6.07) is 5.45. The van der Waals surface area contributed by atoms with Gasteiger partial charge in [-0.3, -0.25) is 13.8 Å². The molecule has 33 heavy (non-hydrogen) atoms. The average molecular weight is 606 g/mol. The summed E-state index contributed by atoms with van der Waals surface area (Å²) in [7, 11) is -4.10. The highest BCUT2D eigenvalue weighted by Crippen LogP contribution is 2.34. The van der Waals surface area contributed by atoms with Crippen molar-refractivity contribution in [3.63, 3.8) is 0 Å². The van der Waals surface area contributed by atoms with Gasteiger partial charge in [0.1, 0.15) is 22.4 Å². The van der Waals surface area contributed by atoms with Crippen LogP contribution in [0.15, 0.2) is 65.5 Å². The van der Waals surface area contributed by atoms with Gasteiger partial charge < -0.3 is 10.0 Å². The molecule has 0 bridgehead atoms. The normalized spacial score (nSPS) is 14.8. The van der Waals surface area contributed by atoms with Gasteiger partial charge in [0.25, 0.3) is 15.9 Å². The zero-order chi connectivity index (χ0) is 23.8. The predicted molar refractivity (Wildman–Crippen MR) is 127 cm³/mol. The van der Waals surface area contributed by atoms with E-state index in [1.165, 1.54) is 36.5 Å². The minimum Gasteiger partial charge on any atom is -0.348 e. The molecule has 0 aliphatic carbocycles. The molecule has 172 valence electrons. The number of allylic oxidation sites excluding steroid dienone is 2. The van der Waals surface area contributed by atoms with Crippen molar-refractivity contribution in [2.45, 2.75) is 6.54 Å². The fourth-order valence-electron chi connectivity index (χ4n) is 3.07. The van der Waals surface area contributed by atoms with E-state index >= 15 is 0 Å². The third kappa shape index (κ3) is 4.99. The molecule has 0 saturated heterocycles. The van der Waals surface area contributed by atoms with E-state index in [1.807, 2.05) is 22.6 Å². The lowest BCUT2D eigenvalue weighted by atomic mass is 10.1. The molecule has 0 unspecified atom stereocenters. The van der Waals surface area contributed by atoms with Crippen molar-refractivity contribution in [2.24, 2.45) is 0 Å². The summed E-state index contributed by atoms with van der Waals surface area (Å²) in [4.78, 5) is 12.7. The number of halogens is 4. The molecule has 2 aromatic carbocycles. The Morgan fingerprint density at radius 1 is 1.15 bits per heavy atom. The molecular formula is C20H14F3IN4O3S2. The zero-order valence-corrected chi connectivity index (χ0v) is 20.2. The number of hydrogen-bond acceptors (Lipinski definition) is 6. The Bertz CT molecular complexity index is 1320. The molecule has 2 aliphatic rings. The smallest absolute Gasteiger partial charge is 0.264 e. The van der Waals surface area contributed by atoms with Crippen LogP contribution in [0.1, 0.15) is 15.9 Å². The second-order valence-corrected chi connectivity index (χ2v) is 10.5. The van der Waals surface area contributed by atoms with Crippen LogP contribution in [0.25, 0.3) is 0 Å². The molecule has 0 radical (unpaired) electrons. The van der Waals surface area contributed by atoms with Crippen LogP contribution in [0.4, 0.5) is 18.9 Å². The fraction of sp³-hybridized carbons (Fsp3) is 0.0500.